The SMILES string of the molecule is CCCCOP(=O)(CCC=C(C)C(=O)O)OCCCC. The van der Waals surface area contributed by atoms with Crippen molar-refractivity contribution in [3.05, 3.63) is 11.6 Å². The van der Waals surface area contributed by atoms with Gasteiger partial charge in [-0.2, -0.15) is 0 Å². The minimum Gasteiger partial charge on any atom is -0.478 e. The van der Waals surface area contributed by atoms with Crippen molar-refractivity contribution in [2.75, 3.05) is 19.4 Å². The fourth-order valence-corrected chi connectivity index (χ4v) is 2.98. The third-order valence-corrected chi connectivity index (χ3v) is 4.72. The van der Waals surface area contributed by atoms with Gasteiger partial charge in [0.1, 0.15) is 0 Å². The quantitative estimate of drug-likeness (QED) is 0.332. The second kappa shape index (κ2) is 11.1. The topological polar surface area (TPSA) is 72.8 Å². The number of carbonyl (C=O) groups is 1. The van der Waals surface area contributed by atoms with Gasteiger partial charge in [-0.1, -0.05) is 32.8 Å². The number of hydrogen-bond acceptors (Lipinski definition) is 4. The normalized spacial score (nSPS) is 12.7. The van der Waals surface area contributed by atoms with Gasteiger partial charge in [-0.15, -0.1) is 0 Å². The molecule has 0 heterocycles. The summed E-state index contributed by atoms with van der Waals surface area (Å²) in [6, 6.07) is 0. The van der Waals surface area contributed by atoms with Gasteiger partial charge in [0, 0.05) is 5.57 Å². The minimum atomic E-state index is -3.10. The maximum absolute atomic E-state index is 12.5. The summed E-state index contributed by atoms with van der Waals surface area (Å²) in [4.78, 5) is 10.7. The van der Waals surface area contributed by atoms with E-state index in [0.29, 0.717) is 19.6 Å². The van der Waals surface area contributed by atoms with Crippen LogP contribution >= 0.6 is 7.60 Å². The van der Waals surface area contributed by atoms with Crippen molar-refractivity contribution in [2.45, 2.75) is 52.9 Å². The number of aliphatic carboxylic acids is 1. The fourth-order valence-electron chi connectivity index (χ4n) is 1.39. The van der Waals surface area contributed by atoms with E-state index in [2.05, 4.69) is 0 Å². The van der Waals surface area contributed by atoms with E-state index in [-0.39, 0.29) is 11.7 Å². The molecule has 0 aliphatic heterocycles. The van der Waals surface area contributed by atoms with Crippen molar-refractivity contribution in [1.82, 2.24) is 0 Å². The van der Waals surface area contributed by atoms with Crippen LogP contribution in [0.4, 0.5) is 0 Å². The molecule has 0 amide bonds. The standard InChI is InChI=1S/C14H27O5P/c1-4-6-10-18-20(17,19-11-7-5-2)12-8-9-13(3)14(15)16/h9H,4-8,10-12H2,1-3H3,(H,15,16). The molecule has 0 saturated carbocycles. The van der Waals surface area contributed by atoms with E-state index in [9.17, 15) is 9.36 Å². The maximum Gasteiger partial charge on any atom is 0.330 e. The average molecular weight is 306 g/mol. The lowest BCUT2D eigenvalue weighted by Gasteiger charge is -2.18. The molecule has 0 aromatic carbocycles. The number of carboxylic acid groups (broad SMARTS) is 1. The highest BCUT2D eigenvalue weighted by Gasteiger charge is 2.23. The zero-order valence-corrected chi connectivity index (χ0v) is 13.7. The summed E-state index contributed by atoms with van der Waals surface area (Å²) in [5, 5.41) is 8.76. The molecular weight excluding hydrogens is 279 g/mol. The monoisotopic (exact) mass is 306 g/mol. The summed E-state index contributed by atoms with van der Waals surface area (Å²) in [6.45, 7) is 6.42. The third kappa shape index (κ3) is 9.29. The van der Waals surface area contributed by atoms with E-state index in [0.717, 1.165) is 25.7 Å². The van der Waals surface area contributed by atoms with E-state index in [1.54, 1.807) is 6.08 Å². The lowest BCUT2D eigenvalue weighted by atomic mass is 10.2. The van der Waals surface area contributed by atoms with Crippen LogP contribution in [0, 0.1) is 0 Å². The Hall–Kier alpha value is -0.640. The highest BCUT2D eigenvalue weighted by atomic mass is 31.2. The van der Waals surface area contributed by atoms with Crippen LogP contribution in [0.15, 0.2) is 11.6 Å². The van der Waals surface area contributed by atoms with E-state index in [1.165, 1.54) is 6.92 Å². The Labute approximate surface area is 121 Å². The van der Waals surface area contributed by atoms with E-state index in [1.807, 2.05) is 13.8 Å². The summed E-state index contributed by atoms with van der Waals surface area (Å²) >= 11 is 0. The van der Waals surface area contributed by atoms with Crippen LogP contribution < -0.4 is 0 Å². The second-order valence-corrected chi connectivity index (χ2v) is 6.87. The lowest BCUT2D eigenvalue weighted by Crippen LogP contribution is -2.03. The average Bonchev–Trinajstić information content (AvgIpc) is 2.39. The van der Waals surface area contributed by atoms with E-state index >= 15 is 0 Å². The van der Waals surface area contributed by atoms with Crippen LogP contribution in [-0.2, 0) is 18.4 Å². The van der Waals surface area contributed by atoms with Crippen molar-refractivity contribution < 1.29 is 23.5 Å². The number of rotatable bonds is 12. The van der Waals surface area contributed by atoms with Gasteiger partial charge in [-0.05, 0) is 26.2 Å². The van der Waals surface area contributed by atoms with Gasteiger partial charge in [0.25, 0.3) is 0 Å². The van der Waals surface area contributed by atoms with Crippen molar-refractivity contribution in [1.29, 1.82) is 0 Å². The summed E-state index contributed by atoms with van der Waals surface area (Å²) in [5.74, 6) is -0.960. The molecule has 0 aliphatic carbocycles. The molecule has 0 radical (unpaired) electrons. The summed E-state index contributed by atoms with van der Waals surface area (Å²) < 4.78 is 23.3. The molecule has 0 atom stereocenters. The highest BCUT2D eigenvalue weighted by Crippen LogP contribution is 2.49. The first-order chi connectivity index (χ1) is 9.45. The number of unbranched alkanes of at least 4 members (excludes halogenated alkanes) is 2. The first kappa shape index (κ1) is 19.4. The van der Waals surface area contributed by atoms with E-state index in [4.69, 9.17) is 14.2 Å². The summed E-state index contributed by atoms with van der Waals surface area (Å²) in [5.41, 5.74) is 0.249. The molecule has 0 saturated heterocycles. The number of carboxylic acids is 1. The zero-order chi connectivity index (χ0) is 15.4. The van der Waals surface area contributed by atoms with Gasteiger partial charge in [0.2, 0.25) is 0 Å². The van der Waals surface area contributed by atoms with Crippen molar-refractivity contribution in [2.24, 2.45) is 0 Å². The number of allylic oxidation sites excluding steroid dienone is 1. The molecule has 0 spiro atoms. The first-order valence-electron chi connectivity index (χ1n) is 7.23. The van der Waals surface area contributed by atoms with Crippen LogP contribution in [0.5, 0.6) is 0 Å². The Morgan fingerprint density at radius 1 is 1.15 bits per heavy atom. The minimum absolute atomic E-state index is 0.227. The summed E-state index contributed by atoms with van der Waals surface area (Å²) in [7, 11) is -3.10. The molecule has 1 N–H and O–H groups in total. The van der Waals surface area contributed by atoms with Gasteiger partial charge in [-0.25, -0.2) is 4.79 Å². The molecule has 6 heteroatoms. The predicted molar refractivity (Wildman–Crippen MR) is 80.2 cm³/mol. The molecule has 5 nitrogen and oxygen atoms in total. The Bertz CT molecular complexity index is 337. The molecule has 0 fully saturated rings. The molecule has 118 valence electrons. The smallest absolute Gasteiger partial charge is 0.330 e. The van der Waals surface area contributed by atoms with Gasteiger partial charge in [0.05, 0.1) is 19.4 Å². The van der Waals surface area contributed by atoms with Gasteiger partial charge >= 0.3 is 13.6 Å². The van der Waals surface area contributed by atoms with Crippen molar-refractivity contribution in [3.63, 3.8) is 0 Å². The van der Waals surface area contributed by atoms with Crippen LogP contribution in [-0.4, -0.2) is 30.5 Å². The molecule has 0 aliphatic rings. The zero-order valence-electron chi connectivity index (χ0n) is 12.8. The first-order valence-corrected chi connectivity index (χ1v) is 8.96. The molecule has 0 rings (SSSR count). The van der Waals surface area contributed by atoms with Gasteiger partial charge in [0.15, 0.2) is 0 Å². The molecule has 20 heavy (non-hydrogen) atoms. The van der Waals surface area contributed by atoms with Crippen molar-refractivity contribution in [3.8, 4) is 0 Å². The Morgan fingerprint density at radius 3 is 2.05 bits per heavy atom. The Balaban J connectivity index is 4.39. The lowest BCUT2D eigenvalue weighted by molar-refractivity contribution is -0.132. The predicted octanol–water partition coefficient (Wildman–Crippen LogP) is 4.23. The Kier molecular flexibility index (Phi) is 10.7. The van der Waals surface area contributed by atoms with Crippen molar-refractivity contribution >= 4 is 13.6 Å². The highest BCUT2D eigenvalue weighted by molar-refractivity contribution is 7.53. The van der Waals surface area contributed by atoms with E-state index < -0.39 is 13.6 Å². The summed E-state index contributed by atoms with van der Waals surface area (Å²) in [6.07, 6.45) is 5.77. The Morgan fingerprint density at radius 2 is 1.65 bits per heavy atom. The number of hydrogen-bond donors (Lipinski definition) is 1. The maximum atomic E-state index is 12.5. The molecule has 0 bridgehead atoms. The molecule has 0 unspecified atom stereocenters. The third-order valence-electron chi connectivity index (χ3n) is 2.76. The van der Waals surface area contributed by atoms with Crippen LogP contribution in [0.1, 0.15) is 52.9 Å². The van der Waals surface area contributed by atoms with Gasteiger partial charge in [-0.3, -0.25) is 4.57 Å². The van der Waals surface area contributed by atoms with Crippen LogP contribution in [0.25, 0.3) is 0 Å². The largest absolute Gasteiger partial charge is 0.478 e. The molecular formula is C14H27O5P. The second-order valence-electron chi connectivity index (χ2n) is 4.69. The molecule has 0 aromatic heterocycles. The van der Waals surface area contributed by atoms with Gasteiger partial charge < -0.3 is 14.2 Å². The fraction of sp³-hybridized carbons (Fsp3) is 0.786. The van der Waals surface area contributed by atoms with Crippen LogP contribution in [0.3, 0.4) is 0 Å². The molecule has 0 aromatic rings. The van der Waals surface area contributed by atoms with Crippen LogP contribution in [0.2, 0.25) is 0 Å².